The molecule has 3 saturated carbocycles. The highest BCUT2D eigenvalue weighted by Gasteiger charge is 2.68. The van der Waals surface area contributed by atoms with E-state index in [1.165, 1.54) is 19.4 Å². The van der Waals surface area contributed by atoms with Gasteiger partial charge in [0, 0.05) is 19.4 Å². The number of methoxy groups -OCH3 is 1. The molecule has 0 aromatic carbocycles. The number of fused-ring (bicyclic) bond motifs is 7. The van der Waals surface area contributed by atoms with Crippen LogP contribution in [-0.4, -0.2) is 229 Å². The summed E-state index contributed by atoms with van der Waals surface area (Å²) in [5, 5.41) is 127. The van der Waals surface area contributed by atoms with Crippen molar-refractivity contribution in [2.75, 3.05) is 26.9 Å². The van der Waals surface area contributed by atoms with Gasteiger partial charge in [0.2, 0.25) is 0 Å². The summed E-state index contributed by atoms with van der Waals surface area (Å²) >= 11 is 0. The maximum Gasteiger partial charge on any atom is 0.187 e. The number of aliphatic hydroxyl groups excluding tert-OH is 12. The SMILES string of the molecule is CO[C@]1(CC[C@@H](C)CO[C@@H]2O[C@H](CO)[C@@H](O)[C@H](O)[C@H]2O)O[C@H]2C[C@H]3[C@@H]4CC=C5C[C@@H](O[C@@H]6O[C@H](CO)[C@@H](O[C@H]7O[C@@H](C)[C@H](O)[C@@H](O)[C@H]7O)[C@H](O)[C@H]6O[C@H]6O[C@@H](C)[C@H](O)[C@@H](O)[C@H]6O)CC[C@]5(C)[C@H]4CC[C@]3(C)[C@H]2[C@@H]1C. The van der Waals surface area contributed by atoms with Crippen LogP contribution in [0.5, 0.6) is 0 Å². The van der Waals surface area contributed by atoms with Crippen LogP contribution in [0.2, 0.25) is 0 Å². The van der Waals surface area contributed by atoms with Crippen molar-refractivity contribution in [3.63, 3.8) is 0 Å². The molecule has 0 radical (unpaired) electrons. The van der Waals surface area contributed by atoms with E-state index in [-0.39, 0.29) is 41.3 Å². The third-order valence-corrected chi connectivity index (χ3v) is 19.8. The molecule has 5 saturated heterocycles. The van der Waals surface area contributed by atoms with Gasteiger partial charge in [-0.1, -0.05) is 39.3 Å². The maximum atomic E-state index is 12.1. The Hall–Kier alpha value is -1.14. The zero-order valence-corrected chi connectivity index (χ0v) is 43.7. The van der Waals surface area contributed by atoms with Crippen molar-refractivity contribution >= 4 is 0 Å². The zero-order valence-electron chi connectivity index (χ0n) is 43.7. The lowest BCUT2D eigenvalue weighted by Crippen LogP contribution is -2.66. The summed E-state index contributed by atoms with van der Waals surface area (Å²) in [4.78, 5) is 0. The largest absolute Gasteiger partial charge is 0.394 e. The van der Waals surface area contributed by atoms with Crippen LogP contribution in [0.1, 0.15) is 99.3 Å². The number of allylic oxidation sites excluding steroid dienone is 1. The van der Waals surface area contributed by atoms with Crippen molar-refractivity contribution in [3.8, 4) is 0 Å². The molecule has 4 aliphatic carbocycles. The summed E-state index contributed by atoms with van der Waals surface area (Å²) in [5.41, 5.74) is 1.19. The summed E-state index contributed by atoms with van der Waals surface area (Å²) in [6, 6.07) is 0. The van der Waals surface area contributed by atoms with E-state index in [0.29, 0.717) is 43.4 Å². The van der Waals surface area contributed by atoms with Gasteiger partial charge in [-0.05, 0) is 106 Å². The highest BCUT2D eigenvalue weighted by molar-refractivity contribution is 5.26. The molecule has 0 amide bonds. The Morgan fingerprint density at radius 2 is 1.24 bits per heavy atom. The van der Waals surface area contributed by atoms with E-state index >= 15 is 0 Å². The minimum Gasteiger partial charge on any atom is -0.394 e. The van der Waals surface area contributed by atoms with Crippen LogP contribution in [0.15, 0.2) is 11.6 Å². The van der Waals surface area contributed by atoms with Gasteiger partial charge < -0.3 is 109 Å². The Morgan fingerprint density at radius 1 is 0.649 bits per heavy atom. The van der Waals surface area contributed by atoms with Crippen molar-refractivity contribution < 1.29 is 109 Å². The fourth-order valence-corrected chi connectivity index (χ4v) is 15.3. The van der Waals surface area contributed by atoms with Gasteiger partial charge in [0.1, 0.15) is 85.5 Å². The molecule has 0 aromatic heterocycles. The fraction of sp³-hybridized carbons (Fsp3) is 0.962. The molecule has 8 fully saturated rings. The summed E-state index contributed by atoms with van der Waals surface area (Å²) in [5.74, 6) is 0.884. The molecule has 0 bridgehead atoms. The highest BCUT2D eigenvalue weighted by atomic mass is 16.8. The number of rotatable bonds is 15. The summed E-state index contributed by atoms with van der Waals surface area (Å²) in [6.45, 7) is 11.1. The van der Waals surface area contributed by atoms with E-state index in [0.717, 1.165) is 32.1 Å². The fourth-order valence-electron chi connectivity index (χ4n) is 15.3. The zero-order chi connectivity index (χ0) is 53.5. The molecular formula is C52H86O22. The number of ether oxygens (including phenoxy) is 10. The minimum atomic E-state index is -1.74. The number of hydrogen-bond acceptors (Lipinski definition) is 22. The topological polar surface area (TPSA) is 335 Å². The van der Waals surface area contributed by atoms with Gasteiger partial charge in [-0.25, -0.2) is 0 Å². The lowest BCUT2D eigenvalue weighted by Gasteiger charge is -2.58. The molecule has 0 spiro atoms. The van der Waals surface area contributed by atoms with E-state index < -0.39 is 148 Å². The second-order valence-corrected chi connectivity index (χ2v) is 24.0. The van der Waals surface area contributed by atoms with Crippen molar-refractivity contribution in [1.29, 1.82) is 0 Å². The molecule has 22 heteroatoms. The van der Waals surface area contributed by atoms with Crippen molar-refractivity contribution in [1.82, 2.24) is 0 Å². The summed E-state index contributed by atoms with van der Waals surface area (Å²) in [7, 11) is 1.72. The van der Waals surface area contributed by atoms with Crippen LogP contribution in [0.3, 0.4) is 0 Å². The molecule has 31 atom stereocenters. The third-order valence-electron chi connectivity index (χ3n) is 19.8. The van der Waals surface area contributed by atoms with Crippen LogP contribution in [0.25, 0.3) is 0 Å². The second kappa shape index (κ2) is 22.4. The Kier molecular flexibility index (Phi) is 17.4. The van der Waals surface area contributed by atoms with Crippen LogP contribution in [0, 0.1) is 46.3 Å². The quantitative estimate of drug-likeness (QED) is 0.0846. The molecule has 12 N–H and O–H groups in total. The number of hydrogen-bond donors (Lipinski definition) is 12. The average molecular weight is 1060 g/mol. The number of aliphatic hydroxyl groups is 12. The minimum absolute atomic E-state index is 0.00465. The van der Waals surface area contributed by atoms with Crippen LogP contribution in [0.4, 0.5) is 0 Å². The van der Waals surface area contributed by atoms with Crippen LogP contribution in [-0.2, 0) is 47.4 Å². The Balaban J connectivity index is 0.854. The first-order chi connectivity index (χ1) is 35.0. The smallest absolute Gasteiger partial charge is 0.187 e. The lowest BCUT2D eigenvalue weighted by molar-refractivity contribution is -0.388. The molecule has 9 rings (SSSR count). The first kappa shape index (κ1) is 57.5. The standard InChI is InChI=1S/C52H86O22/c1-21(20-66-46-40(61)39(60)36(57)31(18-53)70-46)10-15-52(65-7)22(2)33-30(74-52)17-29-27-9-8-25-16-26(11-13-50(25,5)28(27)12-14-51(29,33)6)69-49-45(73-48-42(63)38(59)35(56)24(4)68-48)43(64)44(32(19-54)71-49)72-47-41(62)37(58)34(55)23(3)67-47/h8,21-24,26-49,53-64H,9-20H2,1-7H3/t21-,22+,23+,24+,26+,27-,28+,29+,30+,31-,32-,33+,34+,35+,36-,37-,38-,39+,40-,41-,42-,43+,44-,45-,46-,47-,48-,49-,50+,51+,52-/m1/s1. The Labute approximate surface area is 432 Å². The Morgan fingerprint density at radius 3 is 1.86 bits per heavy atom. The van der Waals surface area contributed by atoms with Gasteiger partial charge in [-0.3, -0.25) is 0 Å². The molecule has 5 heterocycles. The third kappa shape index (κ3) is 10.1. The molecular weight excluding hydrogens is 977 g/mol. The van der Waals surface area contributed by atoms with Gasteiger partial charge in [0.25, 0.3) is 0 Å². The van der Waals surface area contributed by atoms with Gasteiger partial charge in [-0.15, -0.1) is 0 Å². The predicted molar refractivity (Wildman–Crippen MR) is 254 cm³/mol. The van der Waals surface area contributed by atoms with E-state index in [4.69, 9.17) is 47.4 Å². The summed E-state index contributed by atoms with van der Waals surface area (Å²) < 4.78 is 61.5. The molecule has 0 aromatic rings. The van der Waals surface area contributed by atoms with Crippen LogP contribution >= 0.6 is 0 Å². The predicted octanol–water partition coefficient (Wildman–Crippen LogP) is -1.33. The monoisotopic (exact) mass is 1060 g/mol. The molecule has 74 heavy (non-hydrogen) atoms. The van der Waals surface area contributed by atoms with E-state index in [9.17, 15) is 61.3 Å². The molecule has 5 aliphatic heterocycles. The second-order valence-electron chi connectivity index (χ2n) is 24.0. The molecule has 0 unspecified atom stereocenters. The first-order valence-corrected chi connectivity index (χ1v) is 27.2. The summed E-state index contributed by atoms with van der Waals surface area (Å²) in [6.07, 6.45) is -19.4. The van der Waals surface area contributed by atoms with Gasteiger partial charge in [-0.2, -0.15) is 0 Å². The maximum absolute atomic E-state index is 12.1. The van der Waals surface area contributed by atoms with Gasteiger partial charge >= 0.3 is 0 Å². The molecule has 9 aliphatic rings. The molecule has 22 nitrogen and oxygen atoms in total. The molecule has 426 valence electrons. The lowest BCUT2D eigenvalue weighted by atomic mass is 9.47. The first-order valence-electron chi connectivity index (χ1n) is 27.2. The van der Waals surface area contributed by atoms with Crippen molar-refractivity contribution in [2.45, 2.75) is 240 Å². The van der Waals surface area contributed by atoms with Gasteiger partial charge in [0.05, 0.1) is 44.2 Å². The van der Waals surface area contributed by atoms with Gasteiger partial charge in [0.15, 0.2) is 30.9 Å². The highest BCUT2D eigenvalue weighted by Crippen LogP contribution is 2.70. The van der Waals surface area contributed by atoms with E-state index in [2.05, 4.69) is 26.8 Å². The Bertz CT molecular complexity index is 1920. The van der Waals surface area contributed by atoms with Crippen LogP contribution < -0.4 is 0 Å². The van der Waals surface area contributed by atoms with Crippen molar-refractivity contribution in [3.05, 3.63) is 11.6 Å². The van der Waals surface area contributed by atoms with E-state index in [1.807, 2.05) is 6.92 Å². The van der Waals surface area contributed by atoms with E-state index in [1.54, 1.807) is 7.11 Å². The average Bonchev–Trinajstić information content (AvgIpc) is 3.84. The normalized spacial score (nSPS) is 54.9. The van der Waals surface area contributed by atoms with Crippen molar-refractivity contribution in [2.24, 2.45) is 46.3 Å².